The van der Waals surface area contributed by atoms with E-state index in [4.69, 9.17) is 4.74 Å². The second kappa shape index (κ2) is 9.95. The van der Waals surface area contributed by atoms with Crippen molar-refractivity contribution in [1.29, 1.82) is 0 Å². The maximum absolute atomic E-state index is 12.9. The van der Waals surface area contributed by atoms with Crippen LogP contribution in [-0.4, -0.2) is 27.5 Å². The van der Waals surface area contributed by atoms with Crippen molar-refractivity contribution in [2.24, 2.45) is 0 Å². The summed E-state index contributed by atoms with van der Waals surface area (Å²) in [7, 11) is -3.68. The minimum atomic E-state index is -3.68. The van der Waals surface area contributed by atoms with E-state index in [0.29, 0.717) is 29.3 Å². The molecule has 6 nitrogen and oxygen atoms in total. The average molecular weight is 437 g/mol. The Labute approximate surface area is 182 Å². The predicted octanol–water partition coefficient (Wildman–Crippen LogP) is 4.72. The highest BCUT2D eigenvalue weighted by molar-refractivity contribution is 7.92. The number of benzene rings is 3. The van der Waals surface area contributed by atoms with Crippen molar-refractivity contribution in [1.82, 2.24) is 0 Å². The number of nitrogens with zero attached hydrogens (tertiary/aromatic N) is 1. The van der Waals surface area contributed by atoms with E-state index in [1.165, 1.54) is 4.31 Å². The second-order valence-electron chi connectivity index (χ2n) is 6.61. The SMILES string of the molecule is C=CCOc1ccc(NC(=O)c2ccc(N(CC)S(=O)(=O)c3ccccc3)cc2)cc1. The highest BCUT2D eigenvalue weighted by Crippen LogP contribution is 2.24. The first-order valence-electron chi connectivity index (χ1n) is 9.78. The fraction of sp³-hybridized carbons (Fsp3) is 0.125. The molecule has 0 unspecified atom stereocenters. The van der Waals surface area contributed by atoms with Crippen LogP contribution in [0.3, 0.4) is 0 Å². The standard InChI is InChI=1S/C24H24N2O4S/c1-3-18-30-22-16-12-20(13-17-22)25-24(27)19-10-14-21(15-11-19)26(4-2)31(28,29)23-8-6-5-7-9-23/h3,5-17H,1,4,18H2,2H3,(H,25,27). The van der Waals surface area contributed by atoms with Gasteiger partial charge in [0.2, 0.25) is 0 Å². The van der Waals surface area contributed by atoms with E-state index < -0.39 is 10.0 Å². The van der Waals surface area contributed by atoms with E-state index in [1.54, 1.807) is 91.9 Å². The predicted molar refractivity (Wildman–Crippen MR) is 123 cm³/mol. The van der Waals surface area contributed by atoms with Crippen LogP contribution in [-0.2, 0) is 10.0 Å². The number of anilines is 2. The van der Waals surface area contributed by atoms with E-state index in [-0.39, 0.29) is 17.3 Å². The molecule has 3 aromatic carbocycles. The van der Waals surface area contributed by atoms with Crippen molar-refractivity contribution >= 4 is 27.3 Å². The van der Waals surface area contributed by atoms with Crippen LogP contribution in [0, 0.1) is 0 Å². The molecule has 0 fully saturated rings. The third kappa shape index (κ3) is 5.32. The number of nitrogens with one attached hydrogen (secondary N) is 1. The molecule has 3 rings (SSSR count). The molecule has 0 aliphatic rings. The molecule has 0 atom stereocenters. The van der Waals surface area contributed by atoms with Crippen LogP contribution >= 0.6 is 0 Å². The summed E-state index contributed by atoms with van der Waals surface area (Å²) in [6, 6.07) is 21.8. The van der Waals surface area contributed by atoms with Crippen LogP contribution in [0.5, 0.6) is 5.75 Å². The van der Waals surface area contributed by atoms with Gasteiger partial charge in [0.05, 0.1) is 10.6 Å². The molecular formula is C24H24N2O4S. The van der Waals surface area contributed by atoms with E-state index in [9.17, 15) is 13.2 Å². The summed E-state index contributed by atoms with van der Waals surface area (Å²) in [5, 5.41) is 2.81. The van der Waals surface area contributed by atoms with Crippen molar-refractivity contribution in [2.45, 2.75) is 11.8 Å². The highest BCUT2D eigenvalue weighted by Gasteiger charge is 2.23. The average Bonchev–Trinajstić information content (AvgIpc) is 2.80. The Balaban J connectivity index is 1.72. The van der Waals surface area contributed by atoms with Crippen LogP contribution in [0.15, 0.2) is 96.4 Å². The molecule has 0 aromatic heterocycles. The third-order valence-electron chi connectivity index (χ3n) is 4.52. The summed E-state index contributed by atoms with van der Waals surface area (Å²) in [5.41, 5.74) is 1.54. The Bertz CT molecular complexity index is 1130. The minimum Gasteiger partial charge on any atom is -0.490 e. The van der Waals surface area contributed by atoms with Gasteiger partial charge in [0, 0.05) is 17.8 Å². The molecule has 7 heteroatoms. The zero-order valence-corrected chi connectivity index (χ0v) is 18.0. The van der Waals surface area contributed by atoms with E-state index >= 15 is 0 Å². The molecule has 31 heavy (non-hydrogen) atoms. The maximum Gasteiger partial charge on any atom is 0.264 e. The quantitative estimate of drug-likeness (QED) is 0.493. The molecule has 0 radical (unpaired) electrons. The molecule has 0 aliphatic heterocycles. The van der Waals surface area contributed by atoms with E-state index in [2.05, 4.69) is 11.9 Å². The van der Waals surface area contributed by atoms with Crippen LogP contribution in [0.4, 0.5) is 11.4 Å². The van der Waals surface area contributed by atoms with Gasteiger partial charge in [0.25, 0.3) is 15.9 Å². The molecule has 3 aromatic rings. The number of hydrogen-bond acceptors (Lipinski definition) is 4. The third-order valence-corrected chi connectivity index (χ3v) is 6.43. The molecule has 1 amide bonds. The van der Waals surface area contributed by atoms with Gasteiger partial charge in [-0.1, -0.05) is 30.9 Å². The maximum atomic E-state index is 12.9. The number of amides is 1. The summed E-state index contributed by atoms with van der Waals surface area (Å²) in [6.45, 7) is 6.04. The van der Waals surface area contributed by atoms with Crippen molar-refractivity contribution in [3.63, 3.8) is 0 Å². The fourth-order valence-corrected chi connectivity index (χ4v) is 4.48. The van der Waals surface area contributed by atoms with Gasteiger partial charge in [-0.15, -0.1) is 0 Å². The zero-order valence-electron chi connectivity index (χ0n) is 17.2. The molecule has 0 aliphatic carbocycles. The molecule has 1 N–H and O–H groups in total. The lowest BCUT2D eigenvalue weighted by atomic mass is 10.2. The molecule has 0 saturated heterocycles. The van der Waals surface area contributed by atoms with Crippen molar-refractivity contribution in [3.05, 3.63) is 97.1 Å². The number of rotatable bonds is 9. The van der Waals surface area contributed by atoms with Gasteiger partial charge in [0.15, 0.2) is 0 Å². The Morgan fingerprint density at radius 3 is 2.23 bits per heavy atom. The largest absolute Gasteiger partial charge is 0.490 e. The Morgan fingerprint density at radius 1 is 1.00 bits per heavy atom. The van der Waals surface area contributed by atoms with Crippen molar-refractivity contribution in [2.75, 3.05) is 22.8 Å². The summed E-state index contributed by atoms with van der Waals surface area (Å²) >= 11 is 0. The molecule has 0 heterocycles. The molecular weight excluding hydrogens is 412 g/mol. The monoisotopic (exact) mass is 436 g/mol. The second-order valence-corrected chi connectivity index (χ2v) is 8.47. The molecule has 0 bridgehead atoms. The lowest BCUT2D eigenvalue weighted by Crippen LogP contribution is -2.30. The lowest BCUT2D eigenvalue weighted by molar-refractivity contribution is 0.102. The number of sulfonamides is 1. The Kier molecular flexibility index (Phi) is 7.10. The first-order chi connectivity index (χ1) is 15.0. The first kappa shape index (κ1) is 22.1. The molecule has 0 saturated carbocycles. The molecule has 160 valence electrons. The lowest BCUT2D eigenvalue weighted by Gasteiger charge is -2.23. The number of hydrogen-bond donors (Lipinski definition) is 1. The van der Waals surface area contributed by atoms with Gasteiger partial charge in [-0.25, -0.2) is 8.42 Å². The summed E-state index contributed by atoms with van der Waals surface area (Å²) < 4.78 is 32.6. The van der Waals surface area contributed by atoms with Crippen LogP contribution in [0.25, 0.3) is 0 Å². The van der Waals surface area contributed by atoms with Gasteiger partial charge in [0.1, 0.15) is 12.4 Å². The summed E-state index contributed by atoms with van der Waals surface area (Å²) in [4.78, 5) is 12.8. The van der Waals surface area contributed by atoms with Crippen LogP contribution < -0.4 is 14.4 Å². The zero-order chi connectivity index (χ0) is 22.3. The van der Waals surface area contributed by atoms with E-state index in [1.807, 2.05) is 0 Å². The van der Waals surface area contributed by atoms with Gasteiger partial charge in [-0.3, -0.25) is 9.10 Å². The van der Waals surface area contributed by atoms with Gasteiger partial charge < -0.3 is 10.1 Å². The molecule has 0 spiro atoms. The normalized spacial score (nSPS) is 10.9. The summed E-state index contributed by atoms with van der Waals surface area (Å²) in [5.74, 6) is 0.391. The Hall–Kier alpha value is -3.58. The highest BCUT2D eigenvalue weighted by atomic mass is 32.2. The van der Waals surface area contributed by atoms with Gasteiger partial charge in [-0.05, 0) is 67.6 Å². The Morgan fingerprint density at radius 2 is 1.65 bits per heavy atom. The van der Waals surface area contributed by atoms with E-state index in [0.717, 1.165) is 0 Å². The van der Waals surface area contributed by atoms with Crippen LogP contribution in [0.1, 0.15) is 17.3 Å². The number of ether oxygens (including phenoxy) is 1. The smallest absolute Gasteiger partial charge is 0.264 e. The van der Waals surface area contributed by atoms with Crippen molar-refractivity contribution in [3.8, 4) is 5.75 Å². The number of carbonyl (C=O) groups is 1. The topological polar surface area (TPSA) is 75.7 Å². The fourth-order valence-electron chi connectivity index (χ4n) is 2.98. The first-order valence-corrected chi connectivity index (χ1v) is 11.2. The minimum absolute atomic E-state index is 0.221. The van der Waals surface area contributed by atoms with Crippen molar-refractivity contribution < 1.29 is 17.9 Å². The summed E-state index contributed by atoms with van der Waals surface area (Å²) in [6.07, 6.45) is 1.66. The van der Waals surface area contributed by atoms with Gasteiger partial charge >= 0.3 is 0 Å². The van der Waals surface area contributed by atoms with Crippen LogP contribution in [0.2, 0.25) is 0 Å². The number of carbonyl (C=O) groups excluding carboxylic acids is 1. The van der Waals surface area contributed by atoms with Gasteiger partial charge in [-0.2, -0.15) is 0 Å².